The Bertz CT molecular complexity index is 1480. The molecule has 2 aromatic carbocycles. The molecule has 160 valence electrons. The van der Waals surface area contributed by atoms with Crippen LogP contribution in [-0.2, 0) is 11.3 Å². The van der Waals surface area contributed by atoms with Crippen LogP contribution < -0.4 is 21.1 Å². The van der Waals surface area contributed by atoms with Crippen LogP contribution in [0.1, 0.15) is 5.56 Å². The summed E-state index contributed by atoms with van der Waals surface area (Å²) in [5.74, 6) is 5.85. The number of urea groups is 1. The summed E-state index contributed by atoms with van der Waals surface area (Å²) in [6.07, 6.45) is 1.69. The minimum Gasteiger partial charge on any atom is -0.497 e. The van der Waals surface area contributed by atoms with Crippen molar-refractivity contribution in [2.24, 2.45) is 0 Å². The van der Waals surface area contributed by atoms with Crippen molar-refractivity contribution in [1.82, 2.24) is 20.2 Å². The SMILES string of the molecule is COc1ccc2cn(C[C@@]3(C#Cc4cccc5nc(N)sc45)NC(=O)NC3=O)c(O)c2c1. The highest BCUT2D eigenvalue weighted by Crippen LogP contribution is 2.32. The fourth-order valence-corrected chi connectivity index (χ4v) is 4.50. The van der Waals surface area contributed by atoms with Gasteiger partial charge in [-0.3, -0.25) is 10.1 Å². The number of aromatic nitrogens is 2. The minimum atomic E-state index is -1.58. The molecule has 1 saturated heterocycles. The molecule has 5 rings (SSSR count). The third kappa shape index (κ3) is 3.16. The Balaban J connectivity index is 1.59. The number of imide groups is 1. The third-order valence-corrected chi connectivity index (χ3v) is 6.19. The molecule has 4 aromatic rings. The molecule has 0 spiro atoms. The summed E-state index contributed by atoms with van der Waals surface area (Å²) in [5, 5.41) is 17.3. The number of nitrogens with two attached hydrogens (primary N) is 1. The number of anilines is 1. The van der Waals surface area contributed by atoms with E-state index < -0.39 is 17.5 Å². The second kappa shape index (κ2) is 7.18. The Morgan fingerprint density at radius 3 is 2.91 bits per heavy atom. The average Bonchev–Trinajstić information content (AvgIpc) is 3.39. The lowest BCUT2D eigenvalue weighted by Gasteiger charge is -2.20. The van der Waals surface area contributed by atoms with Crippen LogP contribution in [0.15, 0.2) is 42.6 Å². The number of hydrogen-bond donors (Lipinski definition) is 4. The van der Waals surface area contributed by atoms with Crippen molar-refractivity contribution in [1.29, 1.82) is 0 Å². The number of carbonyl (C=O) groups excluding carboxylic acids is 2. The number of aromatic hydroxyl groups is 1. The summed E-state index contributed by atoms with van der Waals surface area (Å²) in [4.78, 5) is 29.0. The molecular formula is C22H17N5O4S. The van der Waals surface area contributed by atoms with Gasteiger partial charge in [-0.25, -0.2) is 9.78 Å². The van der Waals surface area contributed by atoms with E-state index in [1.807, 2.05) is 6.07 Å². The van der Waals surface area contributed by atoms with E-state index in [-0.39, 0.29) is 12.4 Å². The molecule has 1 aliphatic rings. The van der Waals surface area contributed by atoms with Gasteiger partial charge in [0.15, 0.2) is 11.0 Å². The Kier molecular flexibility index (Phi) is 4.42. The molecule has 3 heterocycles. The van der Waals surface area contributed by atoms with E-state index in [2.05, 4.69) is 27.5 Å². The quantitative estimate of drug-likeness (QED) is 0.281. The van der Waals surface area contributed by atoms with Gasteiger partial charge in [-0.2, -0.15) is 0 Å². The highest BCUT2D eigenvalue weighted by Gasteiger charge is 2.46. The molecule has 2 aromatic heterocycles. The zero-order chi connectivity index (χ0) is 22.5. The fourth-order valence-electron chi connectivity index (χ4n) is 3.70. The van der Waals surface area contributed by atoms with E-state index in [1.165, 1.54) is 23.0 Å². The van der Waals surface area contributed by atoms with Crippen LogP contribution in [0.4, 0.5) is 9.93 Å². The van der Waals surface area contributed by atoms with Crippen molar-refractivity contribution < 1.29 is 19.4 Å². The zero-order valence-electron chi connectivity index (χ0n) is 16.8. The van der Waals surface area contributed by atoms with Crippen LogP contribution in [0.25, 0.3) is 21.0 Å². The first-order valence-electron chi connectivity index (χ1n) is 9.56. The number of hydrogen-bond acceptors (Lipinski definition) is 7. The number of fused-ring (bicyclic) bond motifs is 2. The predicted octanol–water partition coefficient (Wildman–Crippen LogP) is 2.18. The molecule has 1 fully saturated rings. The molecule has 0 unspecified atom stereocenters. The van der Waals surface area contributed by atoms with Gasteiger partial charge in [0.2, 0.25) is 5.54 Å². The van der Waals surface area contributed by atoms with Crippen molar-refractivity contribution in [2.75, 3.05) is 12.8 Å². The van der Waals surface area contributed by atoms with Gasteiger partial charge in [0.05, 0.1) is 23.9 Å². The van der Waals surface area contributed by atoms with Crippen LogP contribution in [-0.4, -0.2) is 39.2 Å². The number of nitrogens with zero attached hydrogens (tertiary/aromatic N) is 2. The summed E-state index contributed by atoms with van der Waals surface area (Å²) in [6, 6.07) is 10.0. The third-order valence-electron chi connectivity index (χ3n) is 5.26. The number of amides is 3. The molecule has 32 heavy (non-hydrogen) atoms. The number of rotatable bonds is 3. The lowest BCUT2D eigenvalue weighted by Crippen LogP contribution is -2.49. The van der Waals surface area contributed by atoms with Gasteiger partial charge in [0, 0.05) is 22.5 Å². The van der Waals surface area contributed by atoms with Gasteiger partial charge in [-0.1, -0.05) is 29.2 Å². The molecule has 9 nitrogen and oxygen atoms in total. The summed E-state index contributed by atoms with van der Waals surface area (Å²) < 4.78 is 7.49. The van der Waals surface area contributed by atoms with E-state index in [9.17, 15) is 14.7 Å². The number of nitrogen functional groups attached to an aromatic ring is 1. The summed E-state index contributed by atoms with van der Waals surface area (Å²) in [5.41, 5.74) is 5.58. The van der Waals surface area contributed by atoms with Crippen molar-refractivity contribution >= 4 is 49.4 Å². The van der Waals surface area contributed by atoms with Gasteiger partial charge >= 0.3 is 6.03 Å². The van der Waals surface area contributed by atoms with Gasteiger partial charge in [-0.05, 0) is 30.3 Å². The zero-order valence-corrected chi connectivity index (χ0v) is 17.6. The second-order valence-electron chi connectivity index (χ2n) is 7.30. The standard InChI is InChI=1S/C22H17N5O4S/c1-31-14-6-5-13-10-27(18(28)15(13)9-14)11-22(19(29)25-21(30)26-22)8-7-12-3-2-4-16-17(12)32-20(23)24-16/h2-6,9-10,28H,11H2,1H3,(H2,23,24)(H2,25,26,29,30)/t22-/m1/s1. The van der Waals surface area contributed by atoms with Crippen LogP contribution in [0, 0.1) is 11.8 Å². The highest BCUT2D eigenvalue weighted by atomic mass is 32.1. The number of ether oxygens (including phenoxy) is 1. The maximum Gasteiger partial charge on any atom is 0.323 e. The first kappa shape index (κ1) is 19.7. The molecule has 5 N–H and O–H groups in total. The van der Waals surface area contributed by atoms with Crippen molar-refractivity contribution in [3.63, 3.8) is 0 Å². The number of methoxy groups -OCH3 is 1. The van der Waals surface area contributed by atoms with E-state index in [0.29, 0.717) is 27.3 Å². The Hall–Kier alpha value is -4.23. The van der Waals surface area contributed by atoms with Gasteiger partial charge in [-0.15, -0.1) is 0 Å². The van der Waals surface area contributed by atoms with Gasteiger partial charge in [0.1, 0.15) is 5.75 Å². The first-order chi connectivity index (χ1) is 15.4. The number of carbonyl (C=O) groups is 2. The van der Waals surface area contributed by atoms with E-state index in [1.54, 1.807) is 36.5 Å². The molecular weight excluding hydrogens is 430 g/mol. The fraction of sp³-hybridized carbons (Fsp3) is 0.136. The molecule has 1 aliphatic heterocycles. The molecule has 0 bridgehead atoms. The molecule has 1 atom stereocenters. The van der Waals surface area contributed by atoms with Crippen LogP contribution in [0.5, 0.6) is 11.6 Å². The monoisotopic (exact) mass is 447 g/mol. The van der Waals surface area contributed by atoms with Gasteiger partial charge in [0.25, 0.3) is 5.91 Å². The van der Waals surface area contributed by atoms with E-state index in [4.69, 9.17) is 10.5 Å². The Morgan fingerprint density at radius 2 is 2.16 bits per heavy atom. The van der Waals surface area contributed by atoms with Crippen LogP contribution >= 0.6 is 11.3 Å². The first-order valence-corrected chi connectivity index (χ1v) is 10.4. The van der Waals surface area contributed by atoms with Crippen molar-refractivity contribution in [3.8, 4) is 23.5 Å². The smallest absolute Gasteiger partial charge is 0.323 e. The van der Waals surface area contributed by atoms with Crippen LogP contribution in [0.3, 0.4) is 0 Å². The topological polar surface area (TPSA) is 131 Å². The Labute approximate surface area is 185 Å². The van der Waals surface area contributed by atoms with E-state index in [0.717, 1.165) is 10.1 Å². The average molecular weight is 447 g/mol. The molecule has 0 radical (unpaired) electrons. The Morgan fingerprint density at radius 1 is 1.31 bits per heavy atom. The lowest BCUT2D eigenvalue weighted by atomic mass is 9.99. The van der Waals surface area contributed by atoms with E-state index >= 15 is 0 Å². The molecule has 0 aliphatic carbocycles. The second-order valence-corrected chi connectivity index (χ2v) is 8.33. The largest absolute Gasteiger partial charge is 0.497 e. The maximum absolute atomic E-state index is 12.8. The van der Waals surface area contributed by atoms with Crippen molar-refractivity contribution in [2.45, 2.75) is 12.1 Å². The lowest BCUT2D eigenvalue weighted by molar-refractivity contribution is -0.122. The number of benzene rings is 2. The minimum absolute atomic E-state index is 0.0636. The molecule has 0 saturated carbocycles. The summed E-state index contributed by atoms with van der Waals surface area (Å²) in [6.45, 7) is -0.0960. The molecule has 10 heteroatoms. The summed E-state index contributed by atoms with van der Waals surface area (Å²) in [7, 11) is 1.54. The highest BCUT2D eigenvalue weighted by molar-refractivity contribution is 7.22. The molecule has 3 amide bonds. The maximum atomic E-state index is 12.8. The summed E-state index contributed by atoms with van der Waals surface area (Å²) >= 11 is 1.29. The normalized spacial score (nSPS) is 17.8. The van der Waals surface area contributed by atoms with Crippen LogP contribution in [0.2, 0.25) is 0 Å². The number of nitrogens with one attached hydrogen (secondary N) is 2. The van der Waals surface area contributed by atoms with Gasteiger partial charge < -0.3 is 25.5 Å². The van der Waals surface area contributed by atoms with Crippen molar-refractivity contribution in [3.05, 3.63) is 48.2 Å². The number of thiazole rings is 1. The predicted molar refractivity (Wildman–Crippen MR) is 120 cm³/mol.